The fraction of sp³-hybridized carbons (Fsp3) is 0.562. The number of nitro benzene ring substituents is 1. The summed E-state index contributed by atoms with van der Waals surface area (Å²) >= 11 is 0. The van der Waals surface area contributed by atoms with Crippen LogP contribution >= 0.6 is 12.4 Å². The summed E-state index contributed by atoms with van der Waals surface area (Å²) in [5.41, 5.74) is -0.308. The molecule has 1 N–H and O–H groups in total. The van der Waals surface area contributed by atoms with Gasteiger partial charge in [-0.05, 0) is 38.4 Å². The van der Waals surface area contributed by atoms with Crippen LogP contribution < -0.4 is 5.32 Å². The number of likely N-dealkylation sites (N-methyl/N-ethyl adjacent to an activating group) is 1. The van der Waals surface area contributed by atoms with Crippen molar-refractivity contribution in [1.82, 2.24) is 14.5 Å². The van der Waals surface area contributed by atoms with E-state index < -0.39 is 14.9 Å². The second kappa shape index (κ2) is 9.98. The van der Waals surface area contributed by atoms with Crippen molar-refractivity contribution in [3.63, 3.8) is 0 Å². The van der Waals surface area contributed by atoms with E-state index in [1.165, 1.54) is 25.2 Å². The van der Waals surface area contributed by atoms with Gasteiger partial charge in [-0.2, -0.15) is 4.31 Å². The van der Waals surface area contributed by atoms with E-state index in [4.69, 9.17) is 0 Å². The molecule has 0 atom stereocenters. The molecule has 1 aliphatic heterocycles. The molecule has 11 heteroatoms. The van der Waals surface area contributed by atoms with Crippen LogP contribution in [0.3, 0.4) is 0 Å². The average molecular weight is 421 g/mol. The average Bonchev–Trinajstić information content (AvgIpc) is 2.62. The number of likely N-dealkylation sites (tertiary alicyclic amines) is 1. The maximum absolute atomic E-state index is 12.6. The van der Waals surface area contributed by atoms with Gasteiger partial charge in [0.1, 0.15) is 0 Å². The Bertz CT molecular complexity index is 766. The van der Waals surface area contributed by atoms with Crippen LogP contribution in [0, 0.1) is 16.0 Å². The van der Waals surface area contributed by atoms with Crippen molar-refractivity contribution >= 4 is 34.0 Å². The standard InChI is InChI=1S/C16H24N4O5S.ClH/c1-17-11-13-6-8-19(9-7-13)16(21)12-18(2)26(24,25)15-5-3-4-14(10-15)20(22)23;/h3-5,10,13,17H,6-9,11-12H2,1-2H3;1H. The van der Waals surface area contributed by atoms with Gasteiger partial charge in [0.25, 0.3) is 5.69 Å². The molecule has 0 bridgehead atoms. The minimum Gasteiger partial charge on any atom is -0.342 e. The van der Waals surface area contributed by atoms with E-state index in [9.17, 15) is 23.3 Å². The molecule has 0 aliphatic carbocycles. The highest BCUT2D eigenvalue weighted by atomic mass is 35.5. The fourth-order valence-corrected chi connectivity index (χ4v) is 4.15. The number of non-ortho nitro benzene ring substituents is 1. The Morgan fingerprint density at radius 3 is 2.56 bits per heavy atom. The van der Waals surface area contributed by atoms with Gasteiger partial charge >= 0.3 is 0 Å². The van der Waals surface area contributed by atoms with Crippen molar-refractivity contribution in [3.8, 4) is 0 Å². The van der Waals surface area contributed by atoms with Crippen LogP contribution in [-0.4, -0.2) is 68.7 Å². The molecule has 0 spiro atoms. The molecule has 1 aromatic rings. The molecular weight excluding hydrogens is 396 g/mol. The quantitative estimate of drug-likeness (QED) is 0.522. The highest BCUT2D eigenvalue weighted by molar-refractivity contribution is 7.89. The summed E-state index contributed by atoms with van der Waals surface area (Å²) < 4.78 is 26.1. The number of piperidine rings is 1. The van der Waals surface area contributed by atoms with Gasteiger partial charge < -0.3 is 10.2 Å². The monoisotopic (exact) mass is 420 g/mol. The highest BCUT2D eigenvalue weighted by Crippen LogP contribution is 2.21. The van der Waals surface area contributed by atoms with Crippen molar-refractivity contribution < 1.29 is 18.1 Å². The second-order valence-corrected chi connectivity index (χ2v) is 8.44. The summed E-state index contributed by atoms with van der Waals surface area (Å²) in [5.74, 6) is 0.264. The normalized spacial score (nSPS) is 15.4. The van der Waals surface area contributed by atoms with Crippen LogP contribution in [-0.2, 0) is 14.8 Å². The number of nitrogens with zero attached hydrogens (tertiary/aromatic N) is 3. The van der Waals surface area contributed by atoms with E-state index in [1.54, 1.807) is 4.90 Å². The topological polar surface area (TPSA) is 113 Å². The van der Waals surface area contributed by atoms with Crippen molar-refractivity contribution in [3.05, 3.63) is 34.4 Å². The molecule has 27 heavy (non-hydrogen) atoms. The van der Waals surface area contributed by atoms with Crippen LogP contribution in [0.4, 0.5) is 5.69 Å². The molecule has 2 rings (SSSR count). The van der Waals surface area contributed by atoms with E-state index in [2.05, 4.69) is 5.32 Å². The first-order valence-corrected chi connectivity index (χ1v) is 9.83. The zero-order valence-electron chi connectivity index (χ0n) is 15.3. The first-order valence-electron chi connectivity index (χ1n) is 8.39. The van der Waals surface area contributed by atoms with Gasteiger partial charge in [-0.3, -0.25) is 14.9 Å². The first-order chi connectivity index (χ1) is 12.3. The fourth-order valence-electron chi connectivity index (χ4n) is 2.99. The lowest BCUT2D eigenvalue weighted by Gasteiger charge is -2.32. The molecule has 0 saturated carbocycles. The van der Waals surface area contributed by atoms with Crippen LogP contribution in [0.5, 0.6) is 0 Å². The number of nitro groups is 1. The lowest BCUT2D eigenvalue weighted by molar-refractivity contribution is -0.385. The number of halogens is 1. The Labute approximate surface area is 165 Å². The van der Waals surface area contributed by atoms with Crippen LogP contribution in [0.15, 0.2) is 29.2 Å². The Kier molecular flexibility index (Phi) is 8.60. The largest absolute Gasteiger partial charge is 0.342 e. The highest BCUT2D eigenvalue weighted by Gasteiger charge is 2.28. The Morgan fingerprint density at radius 1 is 1.37 bits per heavy atom. The number of benzene rings is 1. The summed E-state index contributed by atoms with van der Waals surface area (Å²) in [4.78, 5) is 24.1. The first kappa shape index (κ1) is 23.3. The number of hydrogen-bond acceptors (Lipinski definition) is 6. The number of nitrogens with one attached hydrogen (secondary N) is 1. The zero-order chi connectivity index (χ0) is 19.3. The van der Waals surface area contributed by atoms with E-state index >= 15 is 0 Å². The third-order valence-corrected chi connectivity index (χ3v) is 6.35. The van der Waals surface area contributed by atoms with Gasteiger partial charge in [0.2, 0.25) is 15.9 Å². The van der Waals surface area contributed by atoms with Crippen molar-refractivity contribution in [2.75, 3.05) is 40.3 Å². The molecule has 1 saturated heterocycles. The summed E-state index contributed by atoms with van der Waals surface area (Å²) in [7, 11) is -0.777. The smallest absolute Gasteiger partial charge is 0.270 e. The van der Waals surface area contributed by atoms with Gasteiger partial charge in [-0.15, -0.1) is 12.4 Å². The number of hydrogen-bond donors (Lipinski definition) is 1. The van der Waals surface area contributed by atoms with E-state index in [0.29, 0.717) is 19.0 Å². The predicted molar refractivity (Wildman–Crippen MR) is 103 cm³/mol. The zero-order valence-corrected chi connectivity index (χ0v) is 17.0. The van der Waals surface area contributed by atoms with Gasteiger partial charge in [-0.1, -0.05) is 6.07 Å². The van der Waals surface area contributed by atoms with Crippen molar-refractivity contribution in [2.24, 2.45) is 5.92 Å². The lowest BCUT2D eigenvalue weighted by atomic mass is 9.97. The molecular formula is C16H25ClN4O5S. The van der Waals surface area contributed by atoms with E-state index in [-0.39, 0.29) is 35.4 Å². The molecule has 1 fully saturated rings. The molecule has 0 radical (unpaired) electrons. The van der Waals surface area contributed by atoms with E-state index in [0.717, 1.165) is 29.8 Å². The molecule has 1 aliphatic rings. The Balaban J connectivity index is 0.00000364. The van der Waals surface area contributed by atoms with Crippen LogP contribution in [0.25, 0.3) is 0 Å². The third kappa shape index (κ3) is 5.86. The lowest BCUT2D eigenvalue weighted by Crippen LogP contribution is -2.45. The minimum absolute atomic E-state index is 0. The minimum atomic E-state index is -3.98. The number of carbonyl (C=O) groups is 1. The van der Waals surface area contributed by atoms with Gasteiger partial charge in [0.15, 0.2) is 0 Å². The number of rotatable bonds is 7. The summed E-state index contributed by atoms with van der Waals surface area (Å²) in [6.45, 7) is 1.83. The second-order valence-electron chi connectivity index (χ2n) is 6.40. The molecule has 9 nitrogen and oxygen atoms in total. The van der Waals surface area contributed by atoms with Gasteiger partial charge in [0, 0.05) is 32.3 Å². The van der Waals surface area contributed by atoms with Crippen molar-refractivity contribution in [2.45, 2.75) is 17.7 Å². The SMILES string of the molecule is CNCC1CCN(C(=O)CN(C)S(=O)(=O)c2cccc([N+](=O)[O-])c2)CC1.Cl. The maximum Gasteiger partial charge on any atom is 0.270 e. The number of amides is 1. The van der Waals surface area contributed by atoms with Crippen LogP contribution in [0.1, 0.15) is 12.8 Å². The molecule has 1 aromatic carbocycles. The van der Waals surface area contributed by atoms with E-state index in [1.807, 2.05) is 7.05 Å². The molecule has 1 heterocycles. The van der Waals surface area contributed by atoms with Crippen molar-refractivity contribution in [1.29, 1.82) is 0 Å². The summed E-state index contributed by atoms with van der Waals surface area (Å²) in [5, 5.41) is 14.0. The molecule has 1 amide bonds. The molecule has 152 valence electrons. The maximum atomic E-state index is 12.6. The Hall–Kier alpha value is -1.75. The summed E-state index contributed by atoms with van der Waals surface area (Å²) in [6, 6.07) is 4.82. The molecule has 0 aromatic heterocycles. The Morgan fingerprint density at radius 2 is 2.00 bits per heavy atom. The third-order valence-electron chi connectivity index (χ3n) is 4.55. The van der Waals surface area contributed by atoms with Gasteiger partial charge in [-0.25, -0.2) is 8.42 Å². The number of sulfonamides is 1. The molecule has 0 unspecified atom stereocenters. The number of carbonyl (C=O) groups excluding carboxylic acids is 1. The predicted octanol–water partition coefficient (Wildman–Crippen LogP) is 1.10. The summed E-state index contributed by atoms with van der Waals surface area (Å²) in [6.07, 6.45) is 1.77. The van der Waals surface area contributed by atoms with Crippen LogP contribution in [0.2, 0.25) is 0 Å². The van der Waals surface area contributed by atoms with Gasteiger partial charge in [0.05, 0.1) is 16.4 Å².